The van der Waals surface area contributed by atoms with E-state index in [1.54, 1.807) is 44.2 Å². The number of aromatic amines is 1. The summed E-state index contributed by atoms with van der Waals surface area (Å²) in [5, 5.41) is 22.7. The summed E-state index contributed by atoms with van der Waals surface area (Å²) in [7, 11) is 0. The molecule has 0 saturated carbocycles. The Balaban J connectivity index is 1.83. The SMILES string of the molecule is CC(C)(N)C(CC(Cc1ccc(-c2cc(Cl)ccc2F)cc1)NC(=O)c1cn[nH]n1)C(=O)O. The quantitative estimate of drug-likeness (QED) is 0.376. The average Bonchev–Trinajstić information content (AvgIpc) is 3.28. The van der Waals surface area contributed by atoms with Crippen molar-refractivity contribution in [1.29, 1.82) is 0 Å². The van der Waals surface area contributed by atoms with Crippen molar-refractivity contribution < 1.29 is 19.1 Å². The number of nitrogens with one attached hydrogen (secondary N) is 2. The van der Waals surface area contributed by atoms with Crippen LogP contribution in [0.4, 0.5) is 4.39 Å². The topological polar surface area (TPSA) is 134 Å². The van der Waals surface area contributed by atoms with Crippen LogP contribution in [0.3, 0.4) is 0 Å². The number of carboxylic acid groups (broad SMARTS) is 1. The number of benzene rings is 2. The van der Waals surface area contributed by atoms with Gasteiger partial charge in [0.25, 0.3) is 5.91 Å². The summed E-state index contributed by atoms with van der Waals surface area (Å²) in [6.07, 6.45) is 1.72. The molecule has 3 rings (SSSR count). The summed E-state index contributed by atoms with van der Waals surface area (Å²) in [5.41, 5.74) is 7.02. The van der Waals surface area contributed by atoms with Gasteiger partial charge in [-0.2, -0.15) is 15.4 Å². The second-order valence-corrected chi connectivity index (χ2v) is 8.94. The number of hydrogen-bond acceptors (Lipinski definition) is 5. The maximum Gasteiger partial charge on any atom is 0.308 e. The lowest BCUT2D eigenvalue weighted by atomic mass is 9.82. The summed E-state index contributed by atoms with van der Waals surface area (Å²) in [5.74, 6) is -2.82. The highest BCUT2D eigenvalue weighted by molar-refractivity contribution is 6.30. The normalized spacial score (nSPS) is 13.4. The van der Waals surface area contributed by atoms with Gasteiger partial charge < -0.3 is 16.2 Å². The van der Waals surface area contributed by atoms with E-state index in [1.807, 2.05) is 0 Å². The zero-order chi connectivity index (χ0) is 24.2. The molecule has 33 heavy (non-hydrogen) atoms. The largest absolute Gasteiger partial charge is 0.481 e. The Kier molecular flexibility index (Phi) is 7.45. The fourth-order valence-electron chi connectivity index (χ4n) is 3.59. The third-order valence-electron chi connectivity index (χ3n) is 5.37. The van der Waals surface area contributed by atoms with Gasteiger partial charge in [0, 0.05) is 22.2 Å². The van der Waals surface area contributed by atoms with Gasteiger partial charge in [-0.1, -0.05) is 35.9 Å². The lowest BCUT2D eigenvalue weighted by molar-refractivity contribution is -0.144. The van der Waals surface area contributed by atoms with Gasteiger partial charge >= 0.3 is 5.97 Å². The van der Waals surface area contributed by atoms with Crippen LogP contribution in [0.15, 0.2) is 48.7 Å². The van der Waals surface area contributed by atoms with Crippen LogP contribution < -0.4 is 11.1 Å². The Bertz CT molecular complexity index is 1110. The predicted octanol–water partition coefficient (Wildman–Crippen LogP) is 3.43. The highest BCUT2D eigenvalue weighted by Crippen LogP contribution is 2.27. The van der Waals surface area contributed by atoms with Crippen molar-refractivity contribution in [3.05, 3.63) is 70.8 Å². The van der Waals surface area contributed by atoms with E-state index >= 15 is 0 Å². The summed E-state index contributed by atoms with van der Waals surface area (Å²) >= 11 is 5.99. The van der Waals surface area contributed by atoms with Crippen LogP contribution in [0.1, 0.15) is 36.3 Å². The van der Waals surface area contributed by atoms with Gasteiger partial charge in [-0.15, -0.1) is 0 Å². The van der Waals surface area contributed by atoms with E-state index in [0.29, 0.717) is 22.6 Å². The number of H-pyrrole nitrogens is 1. The van der Waals surface area contributed by atoms with E-state index in [9.17, 15) is 19.1 Å². The maximum absolute atomic E-state index is 14.2. The molecule has 8 nitrogen and oxygen atoms in total. The number of nitrogens with two attached hydrogens (primary N) is 1. The highest BCUT2D eigenvalue weighted by Gasteiger charge is 2.34. The monoisotopic (exact) mass is 473 g/mol. The van der Waals surface area contributed by atoms with E-state index in [1.165, 1.54) is 18.3 Å². The molecule has 0 saturated heterocycles. The Morgan fingerprint density at radius 1 is 1.24 bits per heavy atom. The predicted molar refractivity (Wildman–Crippen MR) is 122 cm³/mol. The van der Waals surface area contributed by atoms with Gasteiger partial charge in [-0.05, 0) is 56.0 Å². The van der Waals surface area contributed by atoms with Crippen molar-refractivity contribution in [3.8, 4) is 11.1 Å². The minimum absolute atomic E-state index is 0.0886. The first-order chi connectivity index (χ1) is 15.5. The molecule has 10 heteroatoms. The smallest absolute Gasteiger partial charge is 0.308 e. The van der Waals surface area contributed by atoms with E-state index in [2.05, 4.69) is 20.7 Å². The highest BCUT2D eigenvalue weighted by atomic mass is 35.5. The molecular weight excluding hydrogens is 449 g/mol. The van der Waals surface area contributed by atoms with Crippen LogP contribution in [0.2, 0.25) is 5.02 Å². The van der Waals surface area contributed by atoms with Crippen molar-refractivity contribution in [3.63, 3.8) is 0 Å². The molecular formula is C23H25ClFN5O3. The standard InChI is InChI=1S/C23H25ClFN5O3/c1-23(2,26)18(22(32)33)11-16(28-21(31)20-12-27-30-29-20)9-13-3-5-14(6-4-13)17-10-15(24)7-8-19(17)25/h3-8,10,12,16,18H,9,11,26H2,1-2H3,(H,28,31)(H,32,33)(H,27,29,30). The second-order valence-electron chi connectivity index (χ2n) is 8.50. The van der Waals surface area contributed by atoms with Crippen molar-refractivity contribution >= 4 is 23.5 Å². The van der Waals surface area contributed by atoms with Crippen LogP contribution in [-0.4, -0.2) is 44.0 Å². The number of carboxylic acids is 1. The molecule has 174 valence electrons. The van der Waals surface area contributed by atoms with Crippen molar-refractivity contribution in [1.82, 2.24) is 20.7 Å². The molecule has 0 aliphatic rings. The van der Waals surface area contributed by atoms with Crippen LogP contribution >= 0.6 is 11.6 Å². The number of amides is 1. The van der Waals surface area contributed by atoms with Gasteiger partial charge in [0.05, 0.1) is 12.1 Å². The van der Waals surface area contributed by atoms with Gasteiger partial charge in [-0.25, -0.2) is 4.39 Å². The molecule has 0 aliphatic heterocycles. The molecule has 3 aromatic rings. The van der Waals surface area contributed by atoms with Gasteiger partial charge in [0.15, 0.2) is 5.69 Å². The van der Waals surface area contributed by atoms with Crippen molar-refractivity contribution in [2.24, 2.45) is 11.7 Å². The molecule has 2 atom stereocenters. The number of aliphatic carboxylic acids is 1. The molecule has 1 amide bonds. The van der Waals surface area contributed by atoms with Crippen LogP contribution in [0.5, 0.6) is 0 Å². The van der Waals surface area contributed by atoms with Gasteiger partial charge in [0.2, 0.25) is 0 Å². The summed E-state index contributed by atoms with van der Waals surface area (Å²) < 4.78 is 14.2. The van der Waals surface area contributed by atoms with Gasteiger partial charge in [-0.3, -0.25) is 9.59 Å². The van der Waals surface area contributed by atoms with Crippen molar-refractivity contribution in [2.45, 2.75) is 38.3 Å². The molecule has 1 heterocycles. The lowest BCUT2D eigenvalue weighted by Crippen LogP contribution is -2.49. The first-order valence-corrected chi connectivity index (χ1v) is 10.6. The minimum Gasteiger partial charge on any atom is -0.481 e. The molecule has 5 N–H and O–H groups in total. The van der Waals surface area contributed by atoms with Crippen LogP contribution in [-0.2, 0) is 11.2 Å². The molecule has 0 aliphatic carbocycles. The Hall–Kier alpha value is -3.30. The van der Waals surface area contributed by atoms with Crippen LogP contribution in [0.25, 0.3) is 11.1 Å². The Morgan fingerprint density at radius 3 is 2.52 bits per heavy atom. The summed E-state index contributed by atoms with van der Waals surface area (Å²) in [4.78, 5) is 24.4. The number of rotatable bonds is 9. The number of halogens is 2. The van der Waals surface area contributed by atoms with Gasteiger partial charge in [0.1, 0.15) is 5.82 Å². The number of hydrogen-bond donors (Lipinski definition) is 4. The molecule has 1 aromatic heterocycles. The first kappa shape index (κ1) is 24.3. The zero-order valence-corrected chi connectivity index (χ0v) is 18.9. The molecule has 0 fully saturated rings. The zero-order valence-electron chi connectivity index (χ0n) is 18.2. The van der Waals surface area contributed by atoms with E-state index in [4.69, 9.17) is 17.3 Å². The Labute approximate surface area is 195 Å². The van der Waals surface area contributed by atoms with Crippen molar-refractivity contribution in [2.75, 3.05) is 0 Å². The molecule has 0 bridgehead atoms. The third kappa shape index (κ3) is 6.36. The van der Waals surface area contributed by atoms with E-state index < -0.39 is 29.4 Å². The fourth-order valence-corrected chi connectivity index (χ4v) is 3.77. The summed E-state index contributed by atoms with van der Waals surface area (Å²) in [6, 6.07) is 10.9. The number of aromatic nitrogens is 3. The lowest BCUT2D eigenvalue weighted by Gasteiger charge is -2.30. The number of carbonyl (C=O) groups is 2. The third-order valence-corrected chi connectivity index (χ3v) is 5.61. The molecule has 2 aromatic carbocycles. The first-order valence-electron chi connectivity index (χ1n) is 10.3. The average molecular weight is 474 g/mol. The number of nitrogens with zero attached hydrogens (tertiary/aromatic N) is 2. The Morgan fingerprint density at radius 2 is 1.94 bits per heavy atom. The van der Waals surface area contributed by atoms with Crippen LogP contribution in [0, 0.1) is 11.7 Å². The second kappa shape index (κ2) is 10.1. The molecule has 0 radical (unpaired) electrons. The molecule has 0 spiro atoms. The minimum atomic E-state index is -1.05. The summed E-state index contributed by atoms with van der Waals surface area (Å²) in [6.45, 7) is 3.27. The van der Waals surface area contributed by atoms with E-state index in [-0.39, 0.29) is 17.9 Å². The van der Waals surface area contributed by atoms with E-state index in [0.717, 1.165) is 5.56 Å². The molecule has 2 unspecified atom stereocenters. The fraction of sp³-hybridized carbons (Fsp3) is 0.304. The maximum atomic E-state index is 14.2. The number of carbonyl (C=O) groups excluding carboxylic acids is 1.